The summed E-state index contributed by atoms with van der Waals surface area (Å²) in [7, 11) is 1.59. The Morgan fingerprint density at radius 1 is 1.07 bits per heavy atom. The molecule has 156 valence electrons. The average molecular weight is 426 g/mol. The minimum Gasteiger partial charge on any atom is -0.493 e. The molecule has 0 aromatic heterocycles. The highest BCUT2D eigenvalue weighted by Crippen LogP contribution is 2.34. The Labute approximate surface area is 181 Å². The maximum absolute atomic E-state index is 11.1. The van der Waals surface area contributed by atoms with Gasteiger partial charge in [-0.15, -0.1) is 0 Å². The number of rotatable bonds is 8. The molecule has 30 heavy (non-hydrogen) atoms. The van der Waals surface area contributed by atoms with Crippen molar-refractivity contribution in [3.8, 4) is 11.5 Å². The first kappa shape index (κ1) is 21.5. The molecule has 0 atom stereocenters. The largest absolute Gasteiger partial charge is 0.493 e. The van der Waals surface area contributed by atoms with Crippen LogP contribution in [0, 0.1) is 13.8 Å². The van der Waals surface area contributed by atoms with E-state index in [1.807, 2.05) is 38.1 Å². The summed E-state index contributed by atoms with van der Waals surface area (Å²) >= 11 is 6.48. The lowest BCUT2D eigenvalue weighted by Gasteiger charge is -2.16. The highest BCUT2D eigenvalue weighted by atomic mass is 35.5. The molecule has 0 spiro atoms. The van der Waals surface area contributed by atoms with Crippen molar-refractivity contribution in [2.45, 2.75) is 27.0 Å². The number of nitrogens with one attached hydrogen (secondary N) is 1. The van der Waals surface area contributed by atoms with Crippen LogP contribution in [0.15, 0.2) is 54.6 Å². The molecule has 0 aliphatic heterocycles. The van der Waals surface area contributed by atoms with E-state index in [0.29, 0.717) is 29.7 Å². The van der Waals surface area contributed by atoms with Crippen LogP contribution in [0.3, 0.4) is 0 Å². The van der Waals surface area contributed by atoms with Crippen LogP contribution in [0.5, 0.6) is 11.5 Å². The van der Waals surface area contributed by atoms with Crippen LogP contribution in [0.25, 0.3) is 0 Å². The fourth-order valence-corrected chi connectivity index (χ4v) is 3.35. The van der Waals surface area contributed by atoms with Crippen LogP contribution in [0.4, 0.5) is 5.69 Å². The number of carboxylic acids is 1. The van der Waals surface area contributed by atoms with E-state index in [1.165, 1.54) is 5.56 Å². The molecule has 0 amide bonds. The summed E-state index contributed by atoms with van der Waals surface area (Å²) < 4.78 is 11.4. The van der Waals surface area contributed by atoms with E-state index in [2.05, 4.69) is 11.4 Å². The van der Waals surface area contributed by atoms with Gasteiger partial charge in [-0.3, -0.25) is 0 Å². The third-order valence-electron chi connectivity index (χ3n) is 4.75. The molecule has 0 aliphatic rings. The van der Waals surface area contributed by atoms with Crippen molar-refractivity contribution in [3.05, 3.63) is 87.4 Å². The molecule has 3 rings (SSSR count). The number of halogens is 1. The lowest BCUT2D eigenvalue weighted by molar-refractivity contribution is 0.0697. The summed E-state index contributed by atoms with van der Waals surface area (Å²) in [6.07, 6.45) is 0. The number of methoxy groups -OCH3 is 1. The zero-order valence-electron chi connectivity index (χ0n) is 17.2. The Bertz CT molecular complexity index is 1070. The van der Waals surface area contributed by atoms with Gasteiger partial charge in [0.1, 0.15) is 6.61 Å². The average Bonchev–Trinajstić information content (AvgIpc) is 2.72. The third-order valence-corrected chi connectivity index (χ3v) is 5.10. The Hall–Kier alpha value is -3.18. The second-order valence-corrected chi connectivity index (χ2v) is 7.47. The Morgan fingerprint density at radius 3 is 2.53 bits per heavy atom. The monoisotopic (exact) mass is 425 g/mol. The predicted octanol–water partition coefficient (Wildman–Crippen LogP) is 5.85. The van der Waals surface area contributed by atoms with Crippen molar-refractivity contribution in [2.24, 2.45) is 0 Å². The quantitative estimate of drug-likeness (QED) is 0.473. The molecule has 0 bridgehead atoms. The molecule has 3 aromatic rings. The third kappa shape index (κ3) is 5.24. The summed E-state index contributed by atoms with van der Waals surface area (Å²) in [5.74, 6) is 0.232. The number of aromatic carboxylic acids is 1. The SMILES string of the molecule is COc1cc(CNc2ccc(C(=O)O)cc2C)c(Cl)cc1OCc1cccc(C)c1. The minimum atomic E-state index is -0.946. The molecule has 0 aliphatic carbocycles. The van der Waals surface area contributed by atoms with Gasteiger partial charge in [0, 0.05) is 23.3 Å². The van der Waals surface area contributed by atoms with Gasteiger partial charge in [0.2, 0.25) is 0 Å². The number of carbonyl (C=O) groups is 1. The van der Waals surface area contributed by atoms with Gasteiger partial charge in [-0.1, -0.05) is 41.4 Å². The minimum absolute atomic E-state index is 0.257. The van der Waals surface area contributed by atoms with Crippen molar-refractivity contribution < 1.29 is 19.4 Å². The molecule has 5 nitrogen and oxygen atoms in total. The highest BCUT2D eigenvalue weighted by molar-refractivity contribution is 6.31. The standard InChI is InChI=1S/C24H24ClNO4/c1-15-5-4-6-17(9-15)14-30-23-12-20(25)19(11-22(23)29-3)13-26-21-8-7-18(24(27)28)10-16(21)2/h4-12,26H,13-14H2,1-3H3,(H,27,28). The van der Waals surface area contributed by atoms with Gasteiger partial charge in [0.05, 0.1) is 12.7 Å². The van der Waals surface area contributed by atoms with Gasteiger partial charge in [-0.2, -0.15) is 0 Å². The summed E-state index contributed by atoms with van der Waals surface area (Å²) in [6.45, 7) is 4.78. The first-order valence-corrected chi connectivity index (χ1v) is 9.87. The topological polar surface area (TPSA) is 67.8 Å². The van der Waals surface area contributed by atoms with E-state index in [4.69, 9.17) is 26.2 Å². The summed E-state index contributed by atoms with van der Waals surface area (Å²) in [4.78, 5) is 11.1. The van der Waals surface area contributed by atoms with Crippen molar-refractivity contribution in [3.63, 3.8) is 0 Å². The zero-order valence-corrected chi connectivity index (χ0v) is 17.9. The van der Waals surface area contributed by atoms with Crippen LogP contribution in [-0.2, 0) is 13.2 Å². The van der Waals surface area contributed by atoms with Crippen molar-refractivity contribution in [2.75, 3.05) is 12.4 Å². The summed E-state index contributed by atoms with van der Waals surface area (Å²) in [5.41, 5.74) is 5.03. The van der Waals surface area contributed by atoms with E-state index in [9.17, 15) is 4.79 Å². The molecule has 2 N–H and O–H groups in total. The van der Waals surface area contributed by atoms with Crippen LogP contribution < -0.4 is 14.8 Å². The summed E-state index contributed by atoms with van der Waals surface area (Å²) in [6, 6.07) is 16.7. The number of hydrogen-bond acceptors (Lipinski definition) is 4. The second-order valence-electron chi connectivity index (χ2n) is 7.06. The van der Waals surface area contributed by atoms with E-state index in [1.54, 1.807) is 31.4 Å². The molecule has 0 heterocycles. The maximum atomic E-state index is 11.1. The maximum Gasteiger partial charge on any atom is 0.335 e. The number of carboxylic acid groups (broad SMARTS) is 1. The fraction of sp³-hybridized carbons (Fsp3) is 0.208. The normalized spacial score (nSPS) is 10.5. The molecular weight excluding hydrogens is 402 g/mol. The van der Waals surface area contributed by atoms with Gasteiger partial charge >= 0.3 is 5.97 Å². The zero-order chi connectivity index (χ0) is 21.7. The highest BCUT2D eigenvalue weighted by Gasteiger charge is 2.12. The van der Waals surface area contributed by atoms with E-state index < -0.39 is 5.97 Å². The van der Waals surface area contributed by atoms with Crippen molar-refractivity contribution in [1.29, 1.82) is 0 Å². The Morgan fingerprint density at radius 2 is 1.87 bits per heavy atom. The lowest BCUT2D eigenvalue weighted by Crippen LogP contribution is -2.05. The van der Waals surface area contributed by atoms with Gasteiger partial charge in [0.15, 0.2) is 11.5 Å². The molecular formula is C24H24ClNO4. The van der Waals surface area contributed by atoms with Gasteiger partial charge in [0.25, 0.3) is 0 Å². The second kappa shape index (κ2) is 9.55. The van der Waals surface area contributed by atoms with Gasteiger partial charge < -0.3 is 19.9 Å². The van der Waals surface area contributed by atoms with E-state index >= 15 is 0 Å². The molecule has 0 fully saturated rings. The molecule has 0 unspecified atom stereocenters. The first-order chi connectivity index (χ1) is 14.4. The van der Waals surface area contributed by atoms with Gasteiger partial charge in [-0.05, 0) is 54.8 Å². The predicted molar refractivity (Wildman–Crippen MR) is 119 cm³/mol. The molecule has 0 saturated heterocycles. The van der Waals surface area contributed by atoms with Crippen LogP contribution in [0.1, 0.15) is 32.6 Å². The van der Waals surface area contributed by atoms with E-state index in [0.717, 1.165) is 22.4 Å². The number of hydrogen-bond donors (Lipinski definition) is 2. The lowest BCUT2D eigenvalue weighted by atomic mass is 10.1. The fourth-order valence-electron chi connectivity index (χ4n) is 3.13. The number of aryl methyl sites for hydroxylation is 2. The van der Waals surface area contributed by atoms with Crippen LogP contribution in [0.2, 0.25) is 5.02 Å². The number of benzene rings is 3. The number of anilines is 1. The van der Waals surface area contributed by atoms with Crippen LogP contribution in [-0.4, -0.2) is 18.2 Å². The Kier molecular flexibility index (Phi) is 6.85. The van der Waals surface area contributed by atoms with E-state index in [-0.39, 0.29) is 5.56 Å². The van der Waals surface area contributed by atoms with Gasteiger partial charge in [-0.25, -0.2) is 4.79 Å². The number of ether oxygens (including phenoxy) is 2. The summed E-state index contributed by atoms with van der Waals surface area (Å²) in [5, 5.41) is 12.9. The molecule has 0 radical (unpaired) electrons. The smallest absolute Gasteiger partial charge is 0.335 e. The van der Waals surface area contributed by atoms with Crippen molar-refractivity contribution >= 4 is 23.3 Å². The molecule has 0 saturated carbocycles. The molecule has 6 heteroatoms. The Balaban J connectivity index is 1.73. The first-order valence-electron chi connectivity index (χ1n) is 9.50. The van der Waals surface area contributed by atoms with Crippen molar-refractivity contribution in [1.82, 2.24) is 0 Å². The van der Waals surface area contributed by atoms with Crippen LogP contribution >= 0.6 is 11.6 Å². The molecule has 3 aromatic carbocycles.